The fourth-order valence-electron chi connectivity index (χ4n) is 4.00. The van der Waals surface area contributed by atoms with Crippen LogP contribution in [-0.2, 0) is 9.59 Å². The Labute approximate surface area is 172 Å². The molecule has 0 aliphatic carbocycles. The molecular formula is C22H29ClN2O3. The third-order valence-corrected chi connectivity index (χ3v) is 5.91. The summed E-state index contributed by atoms with van der Waals surface area (Å²) in [7, 11) is 1.59. The van der Waals surface area contributed by atoms with Gasteiger partial charge in [-0.05, 0) is 50.0 Å². The number of carbonyl (C=O) groups is 2. The molecule has 3 rings (SSSR count). The second kappa shape index (κ2) is 9.97. The largest absolute Gasteiger partial charge is 0.496 e. The Kier molecular flexibility index (Phi) is 7.37. The van der Waals surface area contributed by atoms with Crippen LogP contribution in [0.1, 0.15) is 44.1 Å². The number of carbonyl (C=O) groups excluding carboxylic acids is 2. The smallest absolute Gasteiger partial charge is 0.246 e. The highest BCUT2D eigenvalue weighted by atomic mass is 35.5. The molecule has 1 aromatic carbocycles. The Morgan fingerprint density at radius 3 is 2.36 bits per heavy atom. The minimum Gasteiger partial charge on any atom is -0.496 e. The Morgan fingerprint density at radius 1 is 1.04 bits per heavy atom. The van der Waals surface area contributed by atoms with Crippen molar-refractivity contribution in [1.29, 1.82) is 0 Å². The molecule has 2 aliphatic heterocycles. The Hall–Kier alpha value is -2.01. The standard InChI is InChI=1S/C22H29ClN2O3/c1-28-20-8-7-19(23)16-18(20)6-9-21(26)24-14-10-17(11-15-24)22(27)25-12-4-2-3-5-13-25/h6-9,16-17H,2-5,10-15H2,1H3/b9-6+. The van der Waals surface area contributed by atoms with Crippen LogP contribution in [0.15, 0.2) is 24.3 Å². The number of methoxy groups -OCH3 is 1. The van der Waals surface area contributed by atoms with Crippen molar-refractivity contribution in [3.05, 3.63) is 34.9 Å². The van der Waals surface area contributed by atoms with E-state index >= 15 is 0 Å². The zero-order chi connectivity index (χ0) is 19.9. The molecule has 0 bridgehead atoms. The van der Waals surface area contributed by atoms with E-state index in [-0.39, 0.29) is 17.7 Å². The molecule has 28 heavy (non-hydrogen) atoms. The zero-order valence-electron chi connectivity index (χ0n) is 16.5. The maximum absolute atomic E-state index is 12.8. The van der Waals surface area contributed by atoms with Crippen LogP contribution in [0.2, 0.25) is 5.02 Å². The number of rotatable bonds is 4. The van der Waals surface area contributed by atoms with Crippen molar-refractivity contribution in [2.75, 3.05) is 33.3 Å². The molecule has 2 fully saturated rings. The van der Waals surface area contributed by atoms with E-state index in [0.29, 0.717) is 23.9 Å². The molecule has 2 amide bonds. The van der Waals surface area contributed by atoms with Gasteiger partial charge in [-0.2, -0.15) is 0 Å². The maximum atomic E-state index is 12.8. The second-order valence-electron chi connectivity index (χ2n) is 7.56. The van der Waals surface area contributed by atoms with Crippen LogP contribution in [0.25, 0.3) is 6.08 Å². The van der Waals surface area contributed by atoms with Gasteiger partial charge in [-0.3, -0.25) is 9.59 Å². The molecule has 152 valence electrons. The lowest BCUT2D eigenvalue weighted by atomic mass is 9.95. The molecule has 0 radical (unpaired) electrons. The third kappa shape index (κ3) is 5.28. The summed E-state index contributed by atoms with van der Waals surface area (Å²) in [6.07, 6.45) is 9.46. The summed E-state index contributed by atoms with van der Waals surface area (Å²) in [5, 5.41) is 0.598. The fourth-order valence-corrected chi connectivity index (χ4v) is 4.18. The summed E-state index contributed by atoms with van der Waals surface area (Å²) in [6, 6.07) is 5.31. The molecule has 2 aliphatic rings. The van der Waals surface area contributed by atoms with Gasteiger partial charge >= 0.3 is 0 Å². The van der Waals surface area contributed by atoms with Crippen molar-refractivity contribution in [2.24, 2.45) is 5.92 Å². The fraction of sp³-hybridized carbons (Fsp3) is 0.545. The quantitative estimate of drug-likeness (QED) is 0.712. The first-order valence-electron chi connectivity index (χ1n) is 10.2. The van der Waals surface area contributed by atoms with Gasteiger partial charge < -0.3 is 14.5 Å². The van der Waals surface area contributed by atoms with Gasteiger partial charge in [0.1, 0.15) is 5.75 Å². The summed E-state index contributed by atoms with van der Waals surface area (Å²) in [4.78, 5) is 29.2. The first-order valence-corrected chi connectivity index (χ1v) is 10.6. The number of halogens is 1. The number of hydrogen-bond donors (Lipinski definition) is 0. The van der Waals surface area contributed by atoms with Crippen LogP contribution >= 0.6 is 11.6 Å². The van der Waals surface area contributed by atoms with Gasteiger partial charge in [-0.25, -0.2) is 0 Å². The summed E-state index contributed by atoms with van der Waals surface area (Å²) in [5.74, 6) is 0.977. The number of nitrogens with zero attached hydrogens (tertiary/aromatic N) is 2. The molecule has 0 aromatic heterocycles. The molecule has 2 heterocycles. The van der Waals surface area contributed by atoms with Crippen molar-refractivity contribution in [2.45, 2.75) is 38.5 Å². The van der Waals surface area contributed by atoms with Gasteiger partial charge in [-0.15, -0.1) is 0 Å². The summed E-state index contributed by atoms with van der Waals surface area (Å²) < 4.78 is 5.31. The van der Waals surface area contributed by atoms with Gasteiger partial charge in [0, 0.05) is 48.8 Å². The first-order chi connectivity index (χ1) is 13.6. The second-order valence-corrected chi connectivity index (χ2v) is 8.00. The lowest BCUT2D eigenvalue weighted by Crippen LogP contribution is -2.44. The van der Waals surface area contributed by atoms with Gasteiger partial charge in [-0.1, -0.05) is 24.4 Å². The molecule has 5 nitrogen and oxygen atoms in total. The van der Waals surface area contributed by atoms with Gasteiger partial charge in [0.25, 0.3) is 0 Å². The van der Waals surface area contributed by atoms with E-state index in [0.717, 1.165) is 44.3 Å². The molecule has 2 saturated heterocycles. The van der Waals surface area contributed by atoms with E-state index < -0.39 is 0 Å². The van der Waals surface area contributed by atoms with E-state index in [2.05, 4.69) is 0 Å². The summed E-state index contributed by atoms with van der Waals surface area (Å²) >= 11 is 6.04. The lowest BCUT2D eigenvalue weighted by molar-refractivity contribution is -0.139. The molecule has 0 N–H and O–H groups in total. The zero-order valence-corrected chi connectivity index (χ0v) is 17.3. The SMILES string of the molecule is COc1ccc(Cl)cc1/C=C/C(=O)N1CCC(C(=O)N2CCCCCC2)CC1. The summed E-state index contributed by atoms with van der Waals surface area (Å²) in [6.45, 7) is 3.03. The normalized spacial score (nSPS) is 18.9. The van der Waals surface area contributed by atoms with E-state index in [1.165, 1.54) is 12.8 Å². The topological polar surface area (TPSA) is 49.9 Å². The number of likely N-dealkylation sites (tertiary alicyclic amines) is 2. The number of ether oxygens (including phenoxy) is 1. The van der Waals surface area contributed by atoms with E-state index in [1.807, 2.05) is 9.80 Å². The van der Waals surface area contributed by atoms with Crippen molar-refractivity contribution < 1.29 is 14.3 Å². The van der Waals surface area contributed by atoms with Crippen LogP contribution in [-0.4, -0.2) is 54.9 Å². The van der Waals surface area contributed by atoms with Crippen molar-refractivity contribution >= 4 is 29.5 Å². The van der Waals surface area contributed by atoms with E-state index in [9.17, 15) is 9.59 Å². The van der Waals surface area contributed by atoms with Gasteiger partial charge in [0.05, 0.1) is 7.11 Å². The van der Waals surface area contributed by atoms with Gasteiger partial charge in [0.15, 0.2) is 0 Å². The molecule has 1 aromatic rings. The number of amides is 2. The highest BCUT2D eigenvalue weighted by Crippen LogP contribution is 2.25. The Bertz CT molecular complexity index is 718. The molecule has 0 saturated carbocycles. The van der Waals surface area contributed by atoms with Crippen molar-refractivity contribution in [1.82, 2.24) is 9.80 Å². The average molecular weight is 405 g/mol. The minimum absolute atomic E-state index is 0.0392. The average Bonchev–Trinajstić information content (AvgIpc) is 3.01. The molecule has 0 atom stereocenters. The van der Waals surface area contributed by atoms with Crippen molar-refractivity contribution in [3.8, 4) is 5.75 Å². The van der Waals surface area contributed by atoms with E-state index in [1.54, 1.807) is 37.5 Å². The number of benzene rings is 1. The third-order valence-electron chi connectivity index (χ3n) is 5.67. The number of hydrogen-bond acceptors (Lipinski definition) is 3. The highest BCUT2D eigenvalue weighted by Gasteiger charge is 2.29. The van der Waals surface area contributed by atoms with Crippen LogP contribution < -0.4 is 4.74 Å². The highest BCUT2D eigenvalue weighted by molar-refractivity contribution is 6.30. The summed E-state index contributed by atoms with van der Waals surface area (Å²) in [5.41, 5.74) is 0.773. The molecular weight excluding hydrogens is 376 g/mol. The first kappa shape index (κ1) is 20.7. The predicted octanol–water partition coefficient (Wildman–Crippen LogP) is 4.00. The predicted molar refractivity (Wildman–Crippen MR) is 111 cm³/mol. The van der Waals surface area contributed by atoms with Crippen LogP contribution in [0.5, 0.6) is 5.75 Å². The minimum atomic E-state index is -0.0392. The molecule has 0 spiro atoms. The maximum Gasteiger partial charge on any atom is 0.246 e. The molecule has 0 unspecified atom stereocenters. The van der Waals surface area contributed by atoms with Crippen LogP contribution in [0.3, 0.4) is 0 Å². The lowest BCUT2D eigenvalue weighted by Gasteiger charge is -2.33. The monoisotopic (exact) mass is 404 g/mol. The van der Waals surface area contributed by atoms with Crippen LogP contribution in [0, 0.1) is 5.92 Å². The van der Waals surface area contributed by atoms with Gasteiger partial charge in [0.2, 0.25) is 11.8 Å². The van der Waals surface area contributed by atoms with E-state index in [4.69, 9.17) is 16.3 Å². The van der Waals surface area contributed by atoms with Crippen LogP contribution in [0.4, 0.5) is 0 Å². The Balaban J connectivity index is 1.53. The molecule has 6 heteroatoms. The Morgan fingerprint density at radius 2 is 1.71 bits per heavy atom. The number of piperidine rings is 1. The van der Waals surface area contributed by atoms with Crippen molar-refractivity contribution in [3.63, 3.8) is 0 Å².